The van der Waals surface area contributed by atoms with Crippen LogP contribution in [-0.2, 0) is 23.9 Å². The van der Waals surface area contributed by atoms with Gasteiger partial charge in [0.05, 0.1) is 55.2 Å². The second-order valence-electron chi connectivity index (χ2n) is 17.2. The maximum absolute atomic E-state index is 12.8. The molecule has 398 valence electrons. The molecule has 0 saturated carbocycles. The lowest BCUT2D eigenvalue weighted by atomic mass is 9.87. The van der Waals surface area contributed by atoms with E-state index in [1.54, 1.807) is 79.7 Å². The summed E-state index contributed by atoms with van der Waals surface area (Å²) in [4.78, 5) is 68.1. The Balaban J connectivity index is 0.000000198. The lowest BCUT2D eigenvalue weighted by Gasteiger charge is -2.31. The van der Waals surface area contributed by atoms with Crippen LogP contribution in [-0.4, -0.2) is 54.6 Å². The van der Waals surface area contributed by atoms with E-state index >= 15 is 0 Å². The number of esters is 4. The van der Waals surface area contributed by atoms with Gasteiger partial charge in [0.25, 0.3) is 0 Å². The number of Topliss-reactive ketones (excluding diaryl/α,β-unsaturated/α-hetero) is 1. The number of ketones is 1. The van der Waals surface area contributed by atoms with E-state index in [1.165, 1.54) is 34.0 Å². The van der Waals surface area contributed by atoms with Crippen molar-refractivity contribution in [3.8, 4) is 39.9 Å². The van der Waals surface area contributed by atoms with E-state index in [-0.39, 0.29) is 54.4 Å². The van der Waals surface area contributed by atoms with Crippen LogP contribution in [0.1, 0.15) is 104 Å². The number of hydrogen-bond donors (Lipinski definition) is 1. The van der Waals surface area contributed by atoms with Crippen molar-refractivity contribution in [3.05, 3.63) is 178 Å². The summed E-state index contributed by atoms with van der Waals surface area (Å²) in [5.74, 6) is 0.907. The number of aryl methyl sites for hydroxylation is 3. The highest BCUT2D eigenvalue weighted by Gasteiger charge is 2.33. The number of fused-ring (bicyclic) bond motifs is 3. The summed E-state index contributed by atoms with van der Waals surface area (Å²) in [6, 6.07) is 32.0. The van der Waals surface area contributed by atoms with Gasteiger partial charge < -0.3 is 37.9 Å². The predicted molar refractivity (Wildman–Crippen MR) is 300 cm³/mol. The molecule has 7 aromatic rings. The Bertz CT molecular complexity index is 3300. The topological polar surface area (TPSA) is 191 Å². The molecule has 0 aliphatic carbocycles. The second-order valence-corrected chi connectivity index (χ2v) is 19.6. The predicted octanol–water partition coefficient (Wildman–Crippen LogP) is 13.6. The number of benzene rings is 6. The molecule has 17 heteroatoms. The molecule has 0 fully saturated rings. The number of aliphatic hydroxyl groups is 1. The fourth-order valence-electron chi connectivity index (χ4n) is 7.89. The van der Waals surface area contributed by atoms with Gasteiger partial charge in [-0.2, -0.15) is 0 Å². The molecular weight excluding hydrogens is 1170 g/mol. The SMILES string of the molecule is C.CC(=O)Oc1ccc(-c2coc3c(Br)c(C)ccc3c2=O)cc1.CC(=O)Oc1ccc(C2COc3c(ccc(C)c3Br)C2=O)cc1.CC(=O)Oc1ccc(C2COc3c(ccc(C)c3Br)C2O)cc1.CCOC(C)=O. The first-order valence-electron chi connectivity index (χ1n) is 23.4. The van der Waals surface area contributed by atoms with Crippen LogP contribution in [0.15, 0.2) is 138 Å². The number of ether oxygens (including phenoxy) is 6. The quantitative estimate of drug-likeness (QED) is 0.117. The maximum Gasteiger partial charge on any atom is 0.308 e. The van der Waals surface area contributed by atoms with Gasteiger partial charge in [0.15, 0.2) is 11.4 Å². The Morgan fingerprint density at radius 2 is 1.05 bits per heavy atom. The van der Waals surface area contributed by atoms with Crippen LogP contribution >= 0.6 is 47.8 Å². The van der Waals surface area contributed by atoms with Crippen LogP contribution in [0.2, 0.25) is 0 Å². The number of halogens is 3. The lowest BCUT2D eigenvalue weighted by molar-refractivity contribution is -0.140. The van der Waals surface area contributed by atoms with Crippen LogP contribution in [0.3, 0.4) is 0 Å². The van der Waals surface area contributed by atoms with E-state index < -0.39 is 6.10 Å². The van der Waals surface area contributed by atoms with Gasteiger partial charge in [0, 0.05) is 39.2 Å². The van der Waals surface area contributed by atoms with Gasteiger partial charge in [-0.3, -0.25) is 28.8 Å². The number of rotatable bonds is 7. The third kappa shape index (κ3) is 14.9. The summed E-state index contributed by atoms with van der Waals surface area (Å²) in [6.07, 6.45) is 0.811. The molecule has 0 bridgehead atoms. The number of carbonyl (C=O) groups is 5. The van der Waals surface area contributed by atoms with Gasteiger partial charge in [0.2, 0.25) is 5.43 Å². The van der Waals surface area contributed by atoms with E-state index in [4.69, 9.17) is 28.1 Å². The minimum atomic E-state index is -0.643. The van der Waals surface area contributed by atoms with Crippen LogP contribution in [0.25, 0.3) is 22.1 Å². The van der Waals surface area contributed by atoms with Crippen molar-refractivity contribution in [1.82, 2.24) is 0 Å². The maximum atomic E-state index is 12.8. The molecule has 1 aromatic heterocycles. The summed E-state index contributed by atoms with van der Waals surface area (Å²) >= 11 is 10.4. The van der Waals surface area contributed by atoms with Gasteiger partial charge >= 0.3 is 23.9 Å². The monoisotopic (exact) mass is 1230 g/mol. The molecule has 1 N–H and O–H groups in total. The zero-order valence-electron chi connectivity index (χ0n) is 42.2. The standard InChI is InChI=1S/C18H17BrO4.C18H15BrO4.C18H13BrO4.C4H8O2.CH4/c3*1-10-3-8-14-17(21)15(9-22-18(14)16(10)19)12-4-6-13(7-5-12)23-11(2)20;1-3-6-4(2)5;/h3-8,15,17,21H,9H2,1-2H3;3-8,15H,9H2,1-2H3;3-9H,1-2H3;3H2,1-2H3;1H4. The van der Waals surface area contributed by atoms with Crippen molar-refractivity contribution in [1.29, 1.82) is 0 Å². The number of carbonyl (C=O) groups excluding carboxylic acids is 5. The highest BCUT2D eigenvalue weighted by molar-refractivity contribution is 9.11. The van der Waals surface area contributed by atoms with Crippen molar-refractivity contribution in [2.75, 3.05) is 19.8 Å². The van der Waals surface area contributed by atoms with E-state index in [0.29, 0.717) is 76.2 Å². The summed E-state index contributed by atoms with van der Waals surface area (Å²) < 4.78 is 39.3. The molecule has 9 rings (SSSR count). The van der Waals surface area contributed by atoms with Gasteiger partial charge in [-0.25, -0.2) is 0 Å². The number of hydrogen-bond acceptors (Lipinski definition) is 14. The molecule has 76 heavy (non-hydrogen) atoms. The fraction of sp³-hybridized carbons (Fsp3) is 0.254. The van der Waals surface area contributed by atoms with E-state index in [1.807, 2.05) is 57.2 Å². The average Bonchev–Trinajstić information content (AvgIpc) is 3.37. The third-order valence-corrected chi connectivity index (χ3v) is 14.6. The largest absolute Gasteiger partial charge is 0.491 e. The lowest BCUT2D eigenvalue weighted by Crippen LogP contribution is -2.26. The Labute approximate surface area is 466 Å². The highest BCUT2D eigenvalue weighted by Crippen LogP contribution is 2.45. The Hall–Kier alpha value is -6.92. The number of aliphatic hydroxyl groups excluding tert-OH is 1. The molecular formula is C59H57Br3O14. The zero-order valence-corrected chi connectivity index (χ0v) is 47.0. The van der Waals surface area contributed by atoms with Crippen LogP contribution in [0.5, 0.6) is 28.7 Å². The highest BCUT2D eigenvalue weighted by atomic mass is 79.9. The van der Waals surface area contributed by atoms with E-state index in [9.17, 15) is 33.9 Å². The summed E-state index contributed by atoms with van der Waals surface area (Å²) in [5.41, 5.74) is 7.84. The molecule has 0 amide bonds. The molecule has 6 aromatic carbocycles. The van der Waals surface area contributed by atoms with Gasteiger partial charge in [-0.15, -0.1) is 0 Å². The molecule has 3 unspecified atom stereocenters. The molecule has 0 spiro atoms. The molecule has 2 aliphatic heterocycles. The molecule has 0 radical (unpaired) electrons. The first-order chi connectivity index (χ1) is 35.7. The van der Waals surface area contributed by atoms with Crippen LogP contribution in [0, 0.1) is 20.8 Å². The molecule has 14 nitrogen and oxygen atoms in total. The molecule has 2 aliphatic rings. The minimum absolute atomic E-state index is 0. The summed E-state index contributed by atoms with van der Waals surface area (Å²) in [5, 5.41) is 11.2. The van der Waals surface area contributed by atoms with Crippen LogP contribution in [0.4, 0.5) is 0 Å². The Morgan fingerprint density at radius 3 is 1.57 bits per heavy atom. The molecule has 3 atom stereocenters. The first kappa shape index (κ1) is 60.0. The van der Waals surface area contributed by atoms with Gasteiger partial charge in [0.1, 0.15) is 41.6 Å². The average molecular weight is 1230 g/mol. The first-order valence-corrected chi connectivity index (χ1v) is 25.8. The zero-order chi connectivity index (χ0) is 54.7. The molecule has 0 saturated heterocycles. The van der Waals surface area contributed by atoms with Crippen LogP contribution < -0.4 is 29.1 Å². The minimum Gasteiger partial charge on any atom is -0.491 e. The van der Waals surface area contributed by atoms with E-state index in [0.717, 1.165) is 46.8 Å². The smallest absolute Gasteiger partial charge is 0.308 e. The normalized spacial score (nSPS) is 14.8. The third-order valence-electron chi connectivity index (χ3n) is 11.7. The van der Waals surface area contributed by atoms with Gasteiger partial charge in [-0.1, -0.05) is 68.1 Å². The van der Waals surface area contributed by atoms with Crippen molar-refractivity contribution in [2.45, 2.75) is 80.8 Å². The summed E-state index contributed by atoms with van der Waals surface area (Å²) in [7, 11) is 0. The van der Waals surface area contributed by atoms with Crippen molar-refractivity contribution in [3.63, 3.8) is 0 Å². The molecule has 3 heterocycles. The Morgan fingerprint density at radius 1 is 0.579 bits per heavy atom. The second kappa shape index (κ2) is 27.2. The van der Waals surface area contributed by atoms with E-state index in [2.05, 4.69) is 52.5 Å². The van der Waals surface area contributed by atoms with Crippen molar-refractivity contribution in [2.24, 2.45) is 0 Å². The van der Waals surface area contributed by atoms with Crippen molar-refractivity contribution < 1.29 is 61.9 Å². The van der Waals surface area contributed by atoms with Gasteiger partial charge in [-0.05, 0) is 157 Å². The fourth-order valence-corrected chi connectivity index (χ4v) is 9.27. The Kier molecular flexibility index (Phi) is 21.5. The van der Waals surface area contributed by atoms with Crippen molar-refractivity contribution >= 4 is 88.4 Å². The summed E-state index contributed by atoms with van der Waals surface area (Å²) in [6.45, 7) is 14.3.